The van der Waals surface area contributed by atoms with Crippen molar-refractivity contribution in [3.63, 3.8) is 0 Å². The first-order valence-corrected chi connectivity index (χ1v) is 7.37. The Morgan fingerprint density at radius 2 is 2.05 bits per heavy atom. The molecule has 0 bridgehead atoms. The normalized spacial score (nSPS) is 11.5. The molecule has 1 aromatic heterocycles. The first kappa shape index (κ1) is 16.1. The molecule has 5 heteroatoms. The van der Waals surface area contributed by atoms with Crippen LogP contribution in [0.15, 0.2) is 47.6 Å². The summed E-state index contributed by atoms with van der Waals surface area (Å²) in [6.45, 7) is 1.41. The van der Waals surface area contributed by atoms with Gasteiger partial charge in [-0.3, -0.25) is 4.99 Å². The second-order valence-corrected chi connectivity index (χ2v) is 5.28. The highest BCUT2D eigenvalue weighted by atomic mass is 19.1. The Morgan fingerprint density at radius 3 is 2.68 bits per heavy atom. The summed E-state index contributed by atoms with van der Waals surface area (Å²) >= 11 is 0. The fourth-order valence-corrected chi connectivity index (χ4v) is 2.37. The van der Waals surface area contributed by atoms with Crippen molar-refractivity contribution in [2.24, 2.45) is 12.0 Å². The molecule has 4 nitrogen and oxygen atoms in total. The van der Waals surface area contributed by atoms with E-state index in [1.54, 1.807) is 13.1 Å². The molecule has 0 radical (unpaired) electrons. The molecule has 1 N–H and O–H groups in total. The van der Waals surface area contributed by atoms with Crippen molar-refractivity contribution in [3.8, 4) is 0 Å². The number of hydrogen-bond acceptors (Lipinski definition) is 1. The Hall–Kier alpha value is -2.30. The van der Waals surface area contributed by atoms with Gasteiger partial charge in [0.1, 0.15) is 5.82 Å². The molecule has 0 spiro atoms. The quantitative estimate of drug-likeness (QED) is 0.679. The molecule has 2 aromatic rings. The van der Waals surface area contributed by atoms with Crippen molar-refractivity contribution in [2.45, 2.75) is 13.0 Å². The van der Waals surface area contributed by atoms with Crippen LogP contribution in [0.5, 0.6) is 0 Å². The van der Waals surface area contributed by atoms with E-state index in [9.17, 15) is 4.39 Å². The lowest BCUT2D eigenvalue weighted by atomic mass is 10.1. The maximum Gasteiger partial charge on any atom is 0.193 e. The maximum atomic E-state index is 13.6. The van der Waals surface area contributed by atoms with E-state index in [0.717, 1.165) is 18.1 Å². The number of nitrogens with one attached hydrogen (secondary N) is 1. The molecule has 0 aliphatic heterocycles. The number of guanidine groups is 1. The third-order valence-electron chi connectivity index (χ3n) is 3.66. The SMILES string of the molecule is CN=C(NCCc1ccccc1F)N(C)Cc1cccn1C. The molecule has 0 aliphatic rings. The molecule has 0 saturated carbocycles. The highest BCUT2D eigenvalue weighted by Gasteiger charge is 2.08. The summed E-state index contributed by atoms with van der Waals surface area (Å²) in [5.41, 5.74) is 1.93. The van der Waals surface area contributed by atoms with Crippen molar-refractivity contribution < 1.29 is 4.39 Å². The van der Waals surface area contributed by atoms with Gasteiger partial charge in [0, 0.05) is 39.6 Å². The predicted molar refractivity (Wildman–Crippen MR) is 88.3 cm³/mol. The fraction of sp³-hybridized carbons (Fsp3) is 0.353. The Bertz CT molecular complexity index is 633. The maximum absolute atomic E-state index is 13.6. The number of rotatable bonds is 5. The number of hydrogen-bond donors (Lipinski definition) is 1. The van der Waals surface area contributed by atoms with Gasteiger partial charge in [-0.25, -0.2) is 4.39 Å². The van der Waals surface area contributed by atoms with Crippen LogP contribution in [0.3, 0.4) is 0 Å². The largest absolute Gasteiger partial charge is 0.356 e. The zero-order valence-corrected chi connectivity index (χ0v) is 13.4. The van der Waals surface area contributed by atoms with E-state index in [-0.39, 0.29) is 5.82 Å². The van der Waals surface area contributed by atoms with Gasteiger partial charge in [-0.1, -0.05) is 18.2 Å². The monoisotopic (exact) mass is 302 g/mol. The van der Waals surface area contributed by atoms with Gasteiger partial charge in [0.2, 0.25) is 0 Å². The first-order valence-electron chi connectivity index (χ1n) is 7.37. The second-order valence-electron chi connectivity index (χ2n) is 5.28. The zero-order chi connectivity index (χ0) is 15.9. The molecule has 2 rings (SSSR count). The average molecular weight is 302 g/mol. The van der Waals surface area contributed by atoms with Crippen LogP contribution in [0.4, 0.5) is 4.39 Å². The zero-order valence-electron chi connectivity index (χ0n) is 13.4. The molecule has 0 atom stereocenters. The standard InChI is InChI=1S/C17H23FN4/c1-19-17(22(3)13-15-8-6-12-21(15)2)20-11-10-14-7-4-5-9-16(14)18/h4-9,12H,10-11,13H2,1-3H3,(H,19,20). The summed E-state index contributed by atoms with van der Waals surface area (Å²) in [6, 6.07) is 11.0. The van der Waals surface area contributed by atoms with Crippen LogP contribution in [-0.2, 0) is 20.0 Å². The van der Waals surface area contributed by atoms with E-state index in [4.69, 9.17) is 0 Å². The van der Waals surface area contributed by atoms with Gasteiger partial charge in [0.25, 0.3) is 0 Å². The predicted octanol–water partition coefficient (Wildman–Crippen LogP) is 2.41. The average Bonchev–Trinajstić information content (AvgIpc) is 2.90. The summed E-state index contributed by atoms with van der Waals surface area (Å²) in [5.74, 6) is 0.647. The number of aryl methyl sites for hydroxylation is 1. The number of halogens is 1. The lowest BCUT2D eigenvalue weighted by Gasteiger charge is -2.22. The van der Waals surface area contributed by atoms with E-state index in [0.29, 0.717) is 13.0 Å². The smallest absolute Gasteiger partial charge is 0.193 e. The molecule has 0 unspecified atom stereocenters. The molecule has 0 aliphatic carbocycles. The molecular weight excluding hydrogens is 279 g/mol. The molecule has 0 fully saturated rings. The van der Waals surface area contributed by atoms with Crippen LogP contribution in [0, 0.1) is 5.82 Å². The Balaban J connectivity index is 1.87. The second kappa shape index (κ2) is 7.64. The summed E-state index contributed by atoms with van der Waals surface area (Å²) in [4.78, 5) is 6.33. The van der Waals surface area contributed by atoms with E-state index < -0.39 is 0 Å². The van der Waals surface area contributed by atoms with E-state index in [2.05, 4.69) is 25.8 Å². The Kier molecular flexibility index (Phi) is 5.58. The molecule has 0 saturated heterocycles. The highest BCUT2D eigenvalue weighted by molar-refractivity contribution is 5.79. The van der Waals surface area contributed by atoms with Crippen molar-refractivity contribution in [3.05, 3.63) is 59.7 Å². The van der Waals surface area contributed by atoms with Crippen LogP contribution in [0.2, 0.25) is 0 Å². The highest BCUT2D eigenvalue weighted by Crippen LogP contribution is 2.07. The number of aromatic nitrogens is 1. The summed E-state index contributed by atoms with van der Waals surface area (Å²) < 4.78 is 15.7. The van der Waals surface area contributed by atoms with Gasteiger partial charge in [0.15, 0.2) is 5.96 Å². The minimum atomic E-state index is -0.156. The molecular formula is C17H23FN4. The summed E-state index contributed by atoms with van der Waals surface area (Å²) in [6.07, 6.45) is 2.65. The molecule has 0 amide bonds. The van der Waals surface area contributed by atoms with Crippen LogP contribution >= 0.6 is 0 Å². The fourth-order valence-electron chi connectivity index (χ4n) is 2.37. The molecule has 1 heterocycles. The van der Waals surface area contributed by atoms with Crippen LogP contribution in [0.1, 0.15) is 11.3 Å². The molecule has 1 aromatic carbocycles. The van der Waals surface area contributed by atoms with E-state index in [1.165, 1.54) is 11.8 Å². The first-order chi connectivity index (χ1) is 10.6. The summed E-state index contributed by atoms with van der Waals surface area (Å²) in [5, 5.41) is 3.28. The lowest BCUT2D eigenvalue weighted by molar-refractivity contribution is 0.462. The lowest BCUT2D eigenvalue weighted by Crippen LogP contribution is -2.39. The van der Waals surface area contributed by atoms with Gasteiger partial charge < -0.3 is 14.8 Å². The third-order valence-corrected chi connectivity index (χ3v) is 3.66. The topological polar surface area (TPSA) is 32.6 Å². The van der Waals surface area contributed by atoms with Crippen LogP contribution in [-0.4, -0.2) is 36.1 Å². The van der Waals surface area contributed by atoms with Gasteiger partial charge in [-0.05, 0) is 30.2 Å². The summed E-state index contributed by atoms with van der Waals surface area (Å²) in [7, 11) is 5.77. The Morgan fingerprint density at radius 1 is 1.27 bits per heavy atom. The van der Waals surface area contributed by atoms with Crippen molar-refractivity contribution in [1.82, 2.24) is 14.8 Å². The van der Waals surface area contributed by atoms with Crippen molar-refractivity contribution in [1.29, 1.82) is 0 Å². The third kappa shape index (κ3) is 4.10. The van der Waals surface area contributed by atoms with Crippen LogP contribution in [0.25, 0.3) is 0 Å². The van der Waals surface area contributed by atoms with Gasteiger partial charge >= 0.3 is 0 Å². The number of benzene rings is 1. The number of aliphatic imine (C=N–C) groups is 1. The minimum Gasteiger partial charge on any atom is -0.356 e. The minimum absolute atomic E-state index is 0.156. The molecule has 22 heavy (non-hydrogen) atoms. The number of nitrogens with zero attached hydrogens (tertiary/aromatic N) is 3. The van der Waals surface area contributed by atoms with Gasteiger partial charge in [0.05, 0.1) is 6.54 Å². The van der Waals surface area contributed by atoms with E-state index >= 15 is 0 Å². The molecule has 118 valence electrons. The van der Waals surface area contributed by atoms with Gasteiger partial charge in [-0.15, -0.1) is 0 Å². The van der Waals surface area contributed by atoms with Gasteiger partial charge in [-0.2, -0.15) is 0 Å². The van der Waals surface area contributed by atoms with Crippen molar-refractivity contribution in [2.75, 3.05) is 20.6 Å². The van der Waals surface area contributed by atoms with Crippen LogP contribution < -0.4 is 5.32 Å². The van der Waals surface area contributed by atoms with E-state index in [1.807, 2.05) is 38.5 Å². The Labute approximate surface area is 131 Å². The van der Waals surface area contributed by atoms with Crippen molar-refractivity contribution >= 4 is 5.96 Å².